The van der Waals surface area contributed by atoms with E-state index in [9.17, 15) is 8.78 Å². The second kappa shape index (κ2) is 6.22. The first-order chi connectivity index (χ1) is 8.66. The standard InChI is InChI=1S/C13H19F2N3/c1-18-5-4-16-8-11(18)9-17-7-10-2-3-12(14)13(15)6-10/h2-3,6,11,16-17H,4-5,7-9H2,1H3. The van der Waals surface area contributed by atoms with Crippen molar-refractivity contribution in [1.82, 2.24) is 15.5 Å². The van der Waals surface area contributed by atoms with Crippen LogP contribution in [0.4, 0.5) is 8.78 Å². The van der Waals surface area contributed by atoms with Crippen LogP contribution in [-0.2, 0) is 6.54 Å². The Labute approximate surface area is 106 Å². The predicted octanol–water partition coefficient (Wildman–Crippen LogP) is 0.958. The molecule has 100 valence electrons. The average Bonchev–Trinajstić information content (AvgIpc) is 2.36. The molecule has 0 spiro atoms. The first-order valence-electron chi connectivity index (χ1n) is 6.22. The monoisotopic (exact) mass is 255 g/mol. The largest absolute Gasteiger partial charge is 0.314 e. The van der Waals surface area contributed by atoms with Crippen molar-refractivity contribution < 1.29 is 8.78 Å². The Balaban J connectivity index is 1.79. The van der Waals surface area contributed by atoms with Crippen LogP contribution in [0.15, 0.2) is 18.2 Å². The number of benzene rings is 1. The summed E-state index contributed by atoms with van der Waals surface area (Å²) in [6.07, 6.45) is 0. The molecule has 5 heteroatoms. The van der Waals surface area contributed by atoms with E-state index in [1.807, 2.05) is 0 Å². The Morgan fingerprint density at radius 2 is 2.22 bits per heavy atom. The third-order valence-electron chi connectivity index (χ3n) is 3.34. The molecule has 0 saturated carbocycles. The SMILES string of the molecule is CN1CCNCC1CNCc1ccc(F)c(F)c1. The van der Waals surface area contributed by atoms with Gasteiger partial charge in [-0.3, -0.25) is 4.90 Å². The lowest BCUT2D eigenvalue weighted by Gasteiger charge is -2.33. The van der Waals surface area contributed by atoms with Crippen LogP contribution in [0.1, 0.15) is 5.56 Å². The molecule has 1 aromatic carbocycles. The van der Waals surface area contributed by atoms with E-state index in [2.05, 4.69) is 22.6 Å². The molecule has 1 aliphatic heterocycles. The van der Waals surface area contributed by atoms with Gasteiger partial charge < -0.3 is 10.6 Å². The molecule has 2 rings (SSSR count). The molecule has 1 unspecified atom stereocenters. The third kappa shape index (κ3) is 3.48. The van der Waals surface area contributed by atoms with Gasteiger partial charge in [-0.05, 0) is 24.7 Å². The highest BCUT2D eigenvalue weighted by Gasteiger charge is 2.17. The number of nitrogens with zero attached hydrogens (tertiary/aromatic N) is 1. The van der Waals surface area contributed by atoms with Crippen molar-refractivity contribution in [2.75, 3.05) is 33.2 Å². The zero-order valence-electron chi connectivity index (χ0n) is 10.5. The van der Waals surface area contributed by atoms with E-state index in [1.165, 1.54) is 12.1 Å². The minimum atomic E-state index is -0.796. The van der Waals surface area contributed by atoms with Gasteiger partial charge in [0.05, 0.1) is 0 Å². The van der Waals surface area contributed by atoms with Crippen LogP contribution in [0.25, 0.3) is 0 Å². The van der Waals surface area contributed by atoms with Crippen LogP contribution in [0.2, 0.25) is 0 Å². The summed E-state index contributed by atoms with van der Waals surface area (Å²) in [5.74, 6) is -1.58. The molecule has 3 nitrogen and oxygen atoms in total. The number of likely N-dealkylation sites (N-methyl/N-ethyl adjacent to an activating group) is 1. The van der Waals surface area contributed by atoms with Gasteiger partial charge in [0.2, 0.25) is 0 Å². The van der Waals surface area contributed by atoms with Gasteiger partial charge in [-0.2, -0.15) is 0 Å². The molecular formula is C13H19F2N3. The van der Waals surface area contributed by atoms with Crippen molar-refractivity contribution in [3.05, 3.63) is 35.4 Å². The predicted molar refractivity (Wildman–Crippen MR) is 67.4 cm³/mol. The molecular weight excluding hydrogens is 236 g/mol. The Bertz CT molecular complexity index is 398. The summed E-state index contributed by atoms with van der Waals surface area (Å²) in [6, 6.07) is 4.46. The van der Waals surface area contributed by atoms with Crippen molar-refractivity contribution in [2.24, 2.45) is 0 Å². The van der Waals surface area contributed by atoms with Crippen molar-refractivity contribution >= 4 is 0 Å². The first-order valence-corrected chi connectivity index (χ1v) is 6.22. The summed E-state index contributed by atoms with van der Waals surface area (Å²) >= 11 is 0. The van der Waals surface area contributed by atoms with Gasteiger partial charge in [0.1, 0.15) is 0 Å². The summed E-state index contributed by atoms with van der Waals surface area (Å²) in [4.78, 5) is 2.30. The van der Waals surface area contributed by atoms with Crippen molar-refractivity contribution in [3.63, 3.8) is 0 Å². The topological polar surface area (TPSA) is 27.3 Å². The Hall–Kier alpha value is -1.04. The van der Waals surface area contributed by atoms with Gasteiger partial charge >= 0.3 is 0 Å². The van der Waals surface area contributed by atoms with Crippen LogP contribution in [-0.4, -0.2) is 44.2 Å². The molecule has 0 radical (unpaired) electrons. The summed E-state index contributed by atoms with van der Waals surface area (Å²) in [6.45, 7) is 4.42. The van der Waals surface area contributed by atoms with Crippen LogP contribution in [0.3, 0.4) is 0 Å². The maximum absolute atomic E-state index is 13.0. The zero-order valence-corrected chi connectivity index (χ0v) is 10.5. The van der Waals surface area contributed by atoms with Crippen molar-refractivity contribution in [1.29, 1.82) is 0 Å². The number of hydrogen-bond acceptors (Lipinski definition) is 3. The second-order valence-electron chi connectivity index (χ2n) is 4.72. The summed E-state index contributed by atoms with van der Waals surface area (Å²) < 4.78 is 25.8. The Morgan fingerprint density at radius 1 is 1.39 bits per heavy atom. The van der Waals surface area contributed by atoms with Crippen LogP contribution in [0.5, 0.6) is 0 Å². The van der Waals surface area contributed by atoms with Crippen molar-refractivity contribution in [2.45, 2.75) is 12.6 Å². The molecule has 1 saturated heterocycles. The van der Waals surface area contributed by atoms with Crippen molar-refractivity contribution in [3.8, 4) is 0 Å². The maximum atomic E-state index is 13.0. The number of rotatable bonds is 4. The Kier molecular flexibility index (Phi) is 4.63. The van der Waals surface area contributed by atoms with E-state index in [4.69, 9.17) is 0 Å². The summed E-state index contributed by atoms with van der Waals surface area (Å²) in [5, 5.41) is 6.62. The summed E-state index contributed by atoms with van der Waals surface area (Å²) in [7, 11) is 2.10. The van der Waals surface area contributed by atoms with E-state index in [0.29, 0.717) is 12.6 Å². The smallest absolute Gasteiger partial charge is 0.159 e. The van der Waals surface area contributed by atoms with Gasteiger partial charge in [-0.1, -0.05) is 6.07 Å². The molecule has 0 aliphatic carbocycles. The first kappa shape index (κ1) is 13.4. The lowest BCUT2D eigenvalue weighted by atomic mass is 10.2. The quantitative estimate of drug-likeness (QED) is 0.839. The number of hydrogen-bond donors (Lipinski definition) is 2. The molecule has 1 fully saturated rings. The third-order valence-corrected chi connectivity index (χ3v) is 3.34. The van der Waals surface area contributed by atoms with E-state index in [1.54, 1.807) is 6.07 Å². The molecule has 0 amide bonds. The van der Waals surface area contributed by atoms with Crippen LogP contribution in [0, 0.1) is 11.6 Å². The molecule has 1 heterocycles. The lowest BCUT2D eigenvalue weighted by Crippen LogP contribution is -2.53. The van der Waals surface area contributed by atoms with Gasteiger partial charge in [-0.25, -0.2) is 8.78 Å². The van der Waals surface area contributed by atoms with E-state index < -0.39 is 11.6 Å². The van der Waals surface area contributed by atoms with Crippen LogP contribution < -0.4 is 10.6 Å². The molecule has 0 aromatic heterocycles. The number of halogens is 2. The fourth-order valence-electron chi connectivity index (χ4n) is 2.12. The maximum Gasteiger partial charge on any atom is 0.159 e. The number of nitrogens with one attached hydrogen (secondary N) is 2. The van der Waals surface area contributed by atoms with E-state index >= 15 is 0 Å². The van der Waals surface area contributed by atoms with Crippen LogP contribution >= 0.6 is 0 Å². The normalized spacial score (nSPS) is 21.2. The van der Waals surface area contributed by atoms with E-state index in [0.717, 1.165) is 31.7 Å². The second-order valence-corrected chi connectivity index (χ2v) is 4.72. The van der Waals surface area contributed by atoms with Gasteiger partial charge in [0.25, 0.3) is 0 Å². The minimum Gasteiger partial charge on any atom is -0.314 e. The molecule has 0 bridgehead atoms. The fraction of sp³-hybridized carbons (Fsp3) is 0.538. The molecule has 2 N–H and O–H groups in total. The summed E-state index contributed by atoms with van der Waals surface area (Å²) in [5.41, 5.74) is 0.764. The van der Waals surface area contributed by atoms with E-state index in [-0.39, 0.29) is 0 Å². The average molecular weight is 255 g/mol. The molecule has 18 heavy (non-hydrogen) atoms. The highest BCUT2D eigenvalue weighted by molar-refractivity contribution is 5.17. The Morgan fingerprint density at radius 3 is 2.94 bits per heavy atom. The van der Waals surface area contributed by atoms with Gasteiger partial charge in [-0.15, -0.1) is 0 Å². The molecule has 1 aliphatic rings. The highest BCUT2D eigenvalue weighted by atomic mass is 19.2. The number of piperazine rings is 1. The lowest BCUT2D eigenvalue weighted by molar-refractivity contribution is 0.195. The fourth-order valence-corrected chi connectivity index (χ4v) is 2.12. The van der Waals surface area contributed by atoms with Gasteiger partial charge in [0, 0.05) is 38.8 Å². The minimum absolute atomic E-state index is 0.448. The molecule has 1 aromatic rings. The zero-order chi connectivity index (χ0) is 13.0. The highest BCUT2D eigenvalue weighted by Crippen LogP contribution is 2.08. The van der Waals surface area contributed by atoms with Gasteiger partial charge in [0.15, 0.2) is 11.6 Å². The molecule has 1 atom stereocenters.